The number of aliphatic hydroxyl groups is 1. The standard InChI is InChI=1S/C16H16O5/c1-19-10-2-3-11-12-8-20-14-6-9(17)4-5-16(14,18)15(12)21-13(11)7-10/h2-3,6-7,12,15,18H,4-5,8H2,1H3/t12-,15+,16+/m1/s1. The predicted octanol–water partition coefficient (Wildman–Crippen LogP) is 1.55. The largest absolute Gasteiger partial charge is 0.497 e. The minimum Gasteiger partial charge on any atom is -0.497 e. The van der Waals surface area contributed by atoms with Gasteiger partial charge in [-0.05, 0) is 12.5 Å². The first-order chi connectivity index (χ1) is 10.1. The van der Waals surface area contributed by atoms with Crippen molar-refractivity contribution < 1.29 is 24.1 Å². The number of carbonyl (C=O) groups is 1. The number of carbonyl (C=O) groups excluding carboxylic acids is 1. The number of ketones is 1. The Morgan fingerprint density at radius 2 is 2.29 bits per heavy atom. The molecule has 1 aromatic rings. The third kappa shape index (κ3) is 1.70. The highest BCUT2D eigenvalue weighted by Crippen LogP contribution is 2.50. The number of ether oxygens (including phenoxy) is 3. The molecule has 3 atom stereocenters. The minimum atomic E-state index is -1.22. The van der Waals surface area contributed by atoms with Crippen molar-refractivity contribution in [3.8, 4) is 11.5 Å². The lowest BCUT2D eigenvalue weighted by atomic mass is 9.76. The van der Waals surface area contributed by atoms with E-state index in [1.54, 1.807) is 7.11 Å². The van der Waals surface area contributed by atoms with Crippen LogP contribution in [-0.4, -0.2) is 36.3 Å². The normalized spacial score (nSPS) is 33.0. The van der Waals surface area contributed by atoms with Gasteiger partial charge in [-0.25, -0.2) is 0 Å². The maximum absolute atomic E-state index is 11.5. The molecule has 5 heteroatoms. The Labute approximate surface area is 122 Å². The zero-order chi connectivity index (χ0) is 14.6. The first-order valence-corrected chi connectivity index (χ1v) is 7.06. The molecule has 21 heavy (non-hydrogen) atoms. The van der Waals surface area contributed by atoms with E-state index in [9.17, 15) is 9.90 Å². The van der Waals surface area contributed by atoms with Crippen molar-refractivity contribution in [3.05, 3.63) is 35.6 Å². The second-order valence-electron chi connectivity index (χ2n) is 5.76. The summed E-state index contributed by atoms with van der Waals surface area (Å²) in [6, 6.07) is 5.66. The van der Waals surface area contributed by atoms with Crippen LogP contribution in [0.15, 0.2) is 30.0 Å². The summed E-state index contributed by atoms with van der Waals surface area (Å²) in [5.41, 5.74) is -0.200. The Balaban J connectivity index is 1.75. The fourth-order valence-electron chi connectivity index (χ4n) is 3.45. The number of rotatable bonds is 1. The van der Waals surface area contributed by atoms with Crippen LogP contribution in [0, 0.1) is 0 Å². The predicted molar refractivity (Wildman–Crippen MR) is 73.4 cm³/mol. The van der Waals surface area contributed by atoms with Crippen LogP contribution in [0.25, 0.3) is 0 Å². The molecule has 4 rings (SSSR count). The van der Waals surface area contributed by atoms with Crippen molar-refractivity contribution in [1.29, 1.82) is 0 Å². The fraction of sp³-hybridized carbons (Fsp3) is 0.438. The Kier molecular flexibility index (Phi) is 2.57. The molecule has 0 bridgehead atoms. The number of hydrogen-bond acceptors (Lipinski definition) is 5. The summed E-state index contributed by atoms with van der Waals surface area (Å²) < 4.78 is 16.9. The highest BCUT2D eigenvalue weighted by atomic mass is 16.5. The molecular formula is C16H16O5. The highest BCUT2D eigenvalue weighted by molar-refractivity contribution is 5.91. The molecule has 0 saturated carbocycles. The molecule has 0 radical (unpaired) electrons. The lowest BCUT2D eigenvalue weighted by Crippen LogP contribution is -2.55. The molecule has 1 fully saturated rings. The summed E-state index contributed by atoms with van der Waals surface area (Å²) in [4.78, 5) is 11.5. The quantitative estimate of drug-likeness (QED) is 0.849. The second kappa shape index (κ2) is 4.24. The van der Waals surface area contributed by atoms with Gasteiger partial charge in [0.1, 0.15) is 23.4 Å². The van der Waals surface area contributed by atoms with Gasteiger partial charge in [0.2, 0.25) is 0 Å². The molecule has 1 aromatic carbocycles. The Morgan fingerprint density at radius 1 is 1.43 bits per heavy atom. The first-order valence-electron chi connectivity index (χ1n) is 7.06. The first kappa shape index (κ1) is 12.7. The zero-order valence-electron chi connectivity index (χ0n) is 11.7. The van der Waals surface area contributed by atoms with Crippen molar-refractivity contribution in [3.63, 3.8) is 0 Å². The van der Waals surface area contributed by atoms with E-state index in [0.29, 0.717) is 25.2 Å². The van der Waals surface area contributed by atoms with E-state index >= 15 is 0 Å². The molecule has 3 aliphatic rings. The number of methoxy groups -OCH3 is 1. The van der Waals surface area contributed by atoms with Gasteiger partial charge in [-0.3, -0.25) is 4.79 Å². The summed E-state index contributed by atoms with van der Waals surface area (Å²) in [6.45, 7) is 0.408. The third-order valence-electron chi connectivity index (χ3n) is 4.60. The van der Waals surface area contributed by atoms with Crippen LogP contribution in [0.3, 0.4) is 0 Å². The van der Waals surface area contributed by atoms with Crippen molar-refractivity contribution in [2.24, 2.45) is 0 Å². The molecule has 0 amide bonds. The topological polar surface area (TPSA) is 65.0 Å². The van der Waals surface area contributed by atoms with Gasteiger partial charge in [-0.15, -0.1) is 0 Å². The van der Waals surface area contributed by atoms with Gasteiger partial charge in [0.05, 0.1) is 19.6 Å². The number of fused-ring (bicyclic) bond motifs is 5. The third-order valence-corrected chi connectivity index (χ3v) is 4.60. The van der Waals surface area contributed by atoms with E-state index < -0.39 is 11.7 Å². The van der Waals surface area contributed by atoms with Gasteiger partial charge in [0, 0.05) is 24.1 Å². The smallest absolute Gasteiger partial charge is 0.159 e. The lowest BCUT2D eigenvalue weighted by Gasteiger charge is -2.43. The Morgan fingerprint density at radius 3 is 3.10 bits per heavy atom. The van der Waals surface area contributed by atoms with Crippen LogP contribution < -0.4 is 9.47 Å². The molecule has 0 unspecified atom stereocenters. The van der Waals surface area contributed by atoms with Crippen LogP contribution in [0.4, 0.5) is 0 Å². The van der Waals surface area contributed by atoms with E-state index in [2.05, 4.69) is 0 Å². The summed E-state index contributed by atoms with van der Waals surface area (Å²) >= 11 is 0. The van der Waals surface area contributed by atoms with Crippen molar-refractivity contribution >= 4 is 5.78 Å². The summed E-state index contributed by atoms with van der Waals surface area (Å²) in [5.74, 6) is 1.75. The van der Waals surface area contributed by atoms with Gasteiger partial charge < -0.3 is 19.3 Å². The monoisotopic (exact) mass is 288 g/mol. The van der Waals surface area contributed by atoms with Crippen LogP contribution in [0.1, 0.15) is 24.3 Å². The van der Waals surface area contributed by atoms with Gasteiger partial charge >= 0.3 is 0 Å². The van der Waals surface area contributed by atoms with Gasteiger partial charge in [-0.1, -0.05) is 6.07 Å². The molecule has 0 spiro atoms. The van der Waals surface area contributed by atoms with E-state index in [1.165, 1.54) is 6.08 Å². The average Bonchev–Trinajstić information content (AvgIpc) is 2.87. The number of hydrogen-bond donors (Lipinski definition) is 1. The van der Waals surface area contributed by atoms with Crippen LogP contribution in [0.5, 0.6) is 11.5 Å². The maximum Gasteiger partial charge on any atom is 0.159 e. The van der Waals surface area contributed by atoms with E-state index in [0.717, 1.165) is 17.1 Å². The lowest BCUT2D eigenvalue weighted by molar-refractivity contribution is -0.132. The van der Waals surface area contributed by atoms with Gasteiger partial charge in [0.15, 0.2) is 11.4 Å². The SMILES string of the molecule is COc1ccc2c(c1)O[C@H]1[C@@H]2COC2=CC(=O)CC[C@]21O. The zero-order valence-corrected chi connectivity index (χ0v) is 11.7. The molecule has 2 heterocycles. The van der Waals surface area contributed by atoms with Crippen molar-refractivity contribution in [2.75, 3.05) is 13.7 Å². The van der Waals surface area contributed by atoms with Gasteiger partial charge in [-0.2, -0.15) is 0 Å². The van der Waals surface area contributed by atoms with E-state index in [-0.39, 0.29) is 11.7 Å². The van der Waals surface area contributed by atoms with Crippen LogP contribution >= 0.6 is 0 Å². The molecule has 1 saturated heterocycles. The molecule has 5 nitrogen and oxygen atoms in total. The fourth-order valence-corrected chi connectivity index (χ4v) is 3.45. The summed E-state index contributed by atoms with van der Waals surface area (Å²) in [6.07, 6.45) is 1.65. The van der Waals surface area contributed by atoms with E-state index in [4.69, 9.17) is 14.2 Å². The van der Waals surface area contributed by atoms with E-state index in [1.807, 2.05) is 18.2 Å². The van der Waals surface area contributed by atoms with Crippen molar-refractivity contribution in [2.45, 2.75) is 30.5 Å². The maximum atomic E-state index is 11.5. The average molecular weight is 288 g/mol. The van der Waals surface area contributed by atoms with Gasteiger partial charge in [0.25, 0.3) is 0 Å². The van der Waals surface area contributed by atoms with Crippen LogP contribution in [-0.2, 0) is 9.53 Å². The second-order valence-corrected chi connectivity index (χ2v) is 5.76. The molecule has 110 valence electrons. The molecule has 2 aliphatic heterocycles. The highest BCUT2D eigenvalue weighted by Gasteiger charge is 2.56. The number of benzene rings is 1. The number of allylic oxidation sites excluding steroid dienone is 1. The molecule has 0 aromatic heterocycles. The Hall–Kier alpha value is -2.01. The van der Waals surface area contributed by atoms with Crippen molar-refractivity contribution in [1.82, 2.24) is 0 Å². The summed E-state index contributed by atoms with van der Waals surface area (Å²) in [7, 11) is 1.61. The minimum absolute atomic E-state index is 0.00898. The molecule has 1 aliphatic carbocycles. The Bertz CT molecular complexity index is 650. The molecular weight excluding hydrogens is 272 g/mol. The van der Waals surface area contributed by atoms with Crippen LogP contribution in [0.2, 0.25) is 0 Å². The summed E-state index contributed by atoms with van der Waals surface area (Å²) in [5, 5.41) is 11.0. The molecule has 1 N–H and O–H groups in total.